The molecule has 0 radical (unpaired) electrons. The molecule has 5 unspecified atom stereocenters. The van der Waals surface area contributed by atoms with E-state index < -0.39 is 0 Å². The fourth-order valence-corrected chi connectivity index (χ4v) is 30.7. The third kappa shape index (κ3) is 21.8. The maximum Gasteiger partial charge on any atom is 0.330 e. The Balaban J connectivity index is 0.000000138. The number of carbonyl (C=O) groups is 8. The van der Waals surface area contributed by atoms with E-state index in [-0.39, 0.29) is 98.0 Å². The van der Waals surface area contributed by atoms with E-state index in [1.165, 1.54) is 260 Å². The summed E-state index contributed by atoms with van der Waals surface area (Å²) in [5.74, 6) is 13.4. The molecule has 0 spiro atoms. The highest BCUT2D eigenvalue weighted by Gasteiger charge is 2.65. The van der Waals surface area contributed by atoms with Crippen LogP contribution in [0, 0.1) is 124 Å². The lowest BCUT2D eigenvalue weighted by Gasteiger charge is -2.61. The molecule has 0 saturated heterocycles. The molecule has 18 bridgehead atoms. The van der Waals surface area contributed by atoms with Crippen molar-refractivity contribution in [3.63, 3.8) is 0 Å². The summed E-state index contributed by atoms with van der Waals surface area (Å²) >= 11 is 0. The minimum absolute atomic E-state index is 0.151. The molecule has 22 saturated carbocycles. The van der Waals surface area contributed by atoms with E-state index in [2.05, 4.69) is 115 Å². The number of fused-ring (bicyclic) bond motifs is 5. The van der Waals surface area contributed by atoms with Gasteiger partial charge in [0.15, 0.2) is 0 Å². The molecule has 22 aliphatic rings. The number of rotatable bonds is 22. The summed E-state index contributed by atoms with van der Waals surface area (Å²) in [6, 6.07) is 0. The molecule has 0 heterocycles. The van der Waals surface area contributed by atoms with Gasteiger partial charge in [0.25, 0.3) is 0 Å². The van der Waals surface area contributed by atoms with Gasteiger partial charge in [0.1, 0.15) is 44.8 Å². The zero-order valence-corrected chi connectivity index (χ0v) is 78.0. The van der Waals surface area contributed by atoms with Gasteiger partial charge < -0.3 is 37.9 Å². The second kappa shape index (κ2) is 41.4. The van der Waals surface area contributed by atoms with Gasteiger partial charge in [-0.25, -0.2) is 38.4 Å². The van der Waals surface area contributed by atoms with Gasteiger partial charge in [-0.15, -0.1) is 0 Å². The predicted molar refractivity (Wildman–Crippen MR) is 484 cm³/mol. The molecule has 16 heteroatoms. The highest BCUT2D eigenvalue weighted by Crippen LogP contribution is 2.68. The van der Waals surface area contributed by atoms with Gasteiger partial charge in [-0.2, -0.15) is 0 Å². The van der Waals surface area contributed by atoms with Crippen molar-refractivity contribution < 1.29 is 76.3 Å². The molecule has 22 rings (SSSR count). The van der Waals surface area contributed by atoms with E-state index >= 15 is 0 Å². The van der Waals surface area contributed by atoms with Gasteiger partial charge in [-0.05, 0) is 403 Å². The van der Waals surface area contributed by atoms with Crippen molar-refractivity contribution in [2.24, 2.45) is 124 Å². The van der Waals surface area contributed by atoms with Gasteiger partial charge in [0.2, 0.25) is 0 Å². The Hall–Kier alpha value is -6.32. The van der Waals surface area contributed by atoms with Crippen LogP contribution in [0.25, 0.3) is 0 Å². The van der Waals surface area contributed by atoms with Gasteiger partial charge in [-0.1, -0.05) is 113 Å². The summed E-state index contributed by atoms with van der Waals surface area (Å²) in [5, 5.41) is 0. The Kier molecular flexibility index (Phi) is 32.8. The van der Waals surface area contributed by atoms with Crippen LogP contribution >= 0.6 is 0 Å². The van der Waals surface area contributed by atoms with E-state index in [4.69, 9.17) is 37.9 Å². The van der Waals surface area contributed by atoms with Crippen LogP contribution < -0.4 is 0 Å². The van der Waals surface area contributed by atoms with Crippen molar-refractivity contribution in [2.75, 3.05) is 0 Å². The van der Waals surface area contributed by atoms with E-state index in [1.54, 1.807) is 0 Å². The molecule has 22 aliphatic carbocycles. The van der Waals surface area contributed by atoms with Gasteiger partial charge in [0.05, 0.1) is 0 Å². The van der Waals surface area contributed by atoms with Crippen LogP contribution in [0.5, 0.6) is 0 Å². The third-order valence-corrected chi connectivity index (χ3v) is 36.0. The molecule has 123 heavy (non-hydrogen) atoms. The molecule has 0 aromatic heterocycles. The van der Waals surface area contributed by atoms with Gasteiger partial charge >= 0.3 is 47.8 Å². The minimum atomic E-state index is -0.339. The molecular weight excluding hydrogens is 1540 g/mol. The predicted octanol–water partition coefficient (Wildman–Crippen LogP) is 24.6. The van der Waals surface area contributed by atoms with E-state index in [9.17, 15) is 38.4 Å². The Morgan fingerprint density at radius 1 is 0.341 bits per heavy atom. The quantitative estimate of drug-likeness (QED) is 0.0560. The van der Waals surface area contributed by atoms with Crippen LogP contribution in [0.4, 0.5) is 0 Å². The molecule has 0 aliphatic heterocycles. The van der Waals surface area contributed by atoms with Crippen molar-refractivity contribution in [1.82, 2.24) is 0 Å². The molecule has 22 fully saturated rings. The lowest BCUT2D eigenvalue weighted by Crippen LogP contribution is -2.62. The topological polar surface area (TPSA) is 210 Å². The normalized spacial score (nSPS) is 38.3. The lowest BCUT2D eigenvalue weighted by atomic mass is 9.46. The van der Waals surface area contributed by atoms with Crippen LogP contribution in [0.2, 0.25) is 0 Å². The lowest BCUT2D eigenvalue weighted by molar-refractivity contribution is -0.221. The van der Waals surface area contributed by atoms with Crippen LogP contribution in [-0.4, -0.2) is 92.6 Å². The zero-order valence-electron chi connectivity index (χ0n) is 78.0. The highest BCUT2D eigenvalue weighted by molar-refractivity contribution is 5.84. The van der Waals surface area contributed by atoms with Crippen LogP contribution in [0.1, 0.15) is 352 Å². The van der Waals surface area contributed by atoms with Crippen molar-refractivity contribution in [3.05, 3.63) is 101 Å². The van der Waals surface area contributed by atoms with Gasteiger partial charge in [-0.3, -0.25) is 0 Å². The van der Waals surface area contributed by atoms with Crippen LogP contribution in [-0.2, 0) is 76.3 Å². The molecule has 0 aromatic carbocycles. The van der Waals surface area contributed by atoms with Crippen LogP contribution in [0.3, 0.4) is 0 Å². The monoisotopic (exact) mass is 1700 g/mol. The minimum Gasteiger partial charge on any atom is -0.456 e. The number of esters is 8. The molecule has 0 N–H and O–H groups in total. The summed E-state index contributed by atoms with van der Waals surface area (Å²) in [5.41, 5.74) is -1.36. The van der Waals surface area contributed by atoms with Crippen molar-refractivity contribution in [1.29, 1.82) is 0 Å². The first-order valence-electron chi connectivity index (χ1n) is 49.4. The van der Waals surface area contributed by atoms with E-state index in [1.807, 2.05) is 6.92 Å². The molecule has 5 atom stereocenters. The largest absolute Gasteiger partial charge is 0.456 e. The average Bonchev–Trinajstić information content (AvgIpc) is 1.77. The fourth-order valence-electron chi connectivity index (χ4n) is 30.7. The summed E-state index contributed by atoms with van der Waals surface area (Å²) in [7, 11) is 0. The van der Waals surface area contributed by atoms with Crippen molar-refractivity contribution >= 4 is 47.8 Å². The maximum absolute atomic E-state index is 11.8. The fraction of sp³-hybridized carbons (Fsp3) is 0.776. The second-order valence-electron chi connectivity index (χ2n) is 43.5. The van der Waals surface area contributed by atoms with Gasteiger partial charge in [0, 0.05) is 59.9 Å². The maximum atomic E-state index is 11.8. The van der Waals surface area contributed by atoms with E-state index in [0.717, 1.165) is 142 Å². The molecule has 16 nitrogen and oxygen atoms in total. The van der Waals surface area contributed by atoms with Crippen molar-refractivity contribution in [2.45, 2.75) is 397 Å². The Bertz CT molecular complexity index is 3610. The van der Waals surface area contributed by atoms with E-state index in [0.29, 0.717) is 47.3 Å². The van der Waals surface area contributed by atoms with Crippen molar-refractivity contribution in [3.8, 4) is 0 Å². The number of carbonyl (C=O) groups excluding carboxylic acids is 8. The third-order valence-electron chi connectivity index (χ3n) is 36.0. The smallest absolute Gasteiger partial charge is 0.330 e. The zero-order chi connectivity index (χ0) is 89.1. The average molecular weight is 1700 g/mol. The summed E-state index contributed by atoms with van der Waals surface area (Å²) in [6.45, 7) is 49.2. The SMILES string of the molecule is C=CC(=O)OC(C)(C)C12CC3CC(CC(C3)C1)C2.C=CC(=O)OC1(C(C)C)C2CC3CC(C2)CC1C3.C=CC(=O)OC1(C)C2CC3CC(C2)CC1C3.C=CC(=O)OC1(C)CCCCC1.C=CC(=O)OC1(CC)C2CC3CC(C2)CC1C3.C=CC(=O)OC1(CC)CC2CC1C1CCCC21.C=CC(=O)OC1(CC)CCCC1.C=CC(=O)OC1(CC)CCCCC1. The second-order valence-corrected chi connectivity index (χ2v) is 43.5. The highest BCUT2D eigenvalue weighted by atomic mass is 16.6. The standard InChI is InChI=1S/2C16H24O2.2C15H22O2.C14H20O2.C11H18O2.2C10H16O2/c1-4-14(17)18-15(2,3)16-8-11-5-12(9-16)7-13(6-11)10-16;1-4-15(17)18-16(10(2)3)13-6-11-5-12(8-13)9-14(16)7-11;1-3-14(16)17-15(4-2)12-6-10-5-11(8-12)9-13(15)7-10;1-3-14(16)17-15(4-2)9-10-8-13(15)12-7-5-6-11(10)12;1-3-13(15)16-14(2)11-5-9-4-10(7-11)8-12(14)6-9;1-3-10(12)13-11(4-2)8-6-5-7-9-11;1-3-9(11)12-10(2)7-5-4-6-8-10;1-3-9(11)12-10(4-2)7-5-6-8-10/h4,11-13H,1,5-10H2,2-3H3;4,10-14H,1,5-9H2,2-3H3;2*3,10-13H,1,4-9H2,2H3;3,9-12H,1,4-8H2,2H3;3H,1,4-9H2,2H3;2*3H,1,4-8H2,2H3. The molecule has 0 amide bonds. The Morgan fingerprint density at radius 2 is 0.683 bits per heavy atom. The Labute approximate surface area is 741 Å². The molecular formula is C107H162O16. The summed E-state index contributed by atoms with van der Waals surface area (Å²) in [6.07, 6.45) is 63.9. The molecule has 0 aromatic rings. The first-order chi connectivity index (χ1) is 58.6. The molecule has 686 valence electrons. The number of ether oxygens (including phenoxy) is 8. The first-order valence-corrected chi connectivity index (χ1v) is 49.4. The Morgan fingerprint density at radius 3 is 1.07 bits per heavy atom. The summed E-state index contributed by atoms with van der Waals surface area (Å²) in [4.78, 5) is 91.1. The number of hydrogen-bond donors (Lipinski definition) is 0. The number of hydrogen-bond acceptors (Lipinski definition) is 16. The summed E-state index contributed by atoms with van der Waals surface area (Å²) < 4.78 is 45.1. The van der Waals surface area contributed by atoms with Crippen LogP contribution in [0.15, 0.2) is 101 Å². The first kappa shape index (κ1) is 97.3.